The largest absolute Gasteiger partial charge is 0.480 e. The molecule has 5 rings (SSSR count). The number of urea groups is 1. The number of carboxylic acids is 1. The van der Waals surface area contributed by atoms with E-state index in [4.69, 9.17) is 0 Å². The Hall–Kier alpha value is -4.09. The van der Waals surface area contributed by atoms with Crippen LogP contribution in [0.1, 0.15) is 44.2 Å². The number of pyridine rings is 1. The Kier molecular flexibility index (Phi) is 8.40. The molecule has 2 aromatic carbocycles. The number of nitrogens with zero attached hydrogens (tertiary/aromatic N) is 1. The van der Waals surface area contributed by atoms with Gasteiger partial charge in [0.2, 0.25) is 10.0 Å². The number of aliphatic carboxylic acids is 1. The fraction of sp³-hybridized carbons (Fsp3) is 0.375. The van der Waals surface area contributed by atoms with Crippen LogP contribution in [-0.2, 0) is 32.6 Å². The van der Waals surface area contributed by atoms with E-state index in [1.54, 1.807) is 30.6 Å². The Morgan fingerprint density at radius 2 is 1.74 bits per heavy atom. The number of carbonyl (C=O) groups is 3. The van der Waals surface area contributed by atoms with E-state index in [1.807, 2.05) is 56.3 Å². The van der Waals surface area contributed by atoms with Gasteiger partial charge in [-0.15, -0.1) is 0 Å². The van der Waals surface area contributed by atoms with Crippen LogP contribution >= 0.6 is 0 Å². The summed E-state index contributed by atoms with van der Waals surface area (Å²) in [5.74, 6) is -1.55. The normalized spacial score (nSPS) is 21.3. The van der Waals surface area contributed by atoms with Crippen molar-refractivity contribution in [3.8, 4) is 11.1 Å². The number of aromatic nitrogens is 1. The second kappa shape index (κ2) is 11.9. The molecule has 3 unspecified atom stereocenters. The van der Waals surface area contributed by atoms with Gasteiger partial charge in [-0.05, 0) is 77.1 Å². The van der Waals surface area contributed by atoms with Crippen LogP contribution in [-0.4, -0.2) is 48.1 Å². The molecule has 2 aliphatic carbocycles. The highest BCUT2D eigenvalue weighted by Crippen LogP contribution is 2.64. The van der Waals surface area contributed by atoms with Crippen molar-refractivity contribution in [2.45, 2.75) is 52.1 Å². The van der Waals surface area contributed by atoms with Crippen LogP contribution in [0.2, 0.25) is 0 Å². The highest BCUT2D eigenvalue weighted by atomic mass is 32.2. The van der Waals surface area contributed by atoms with Crippen LogP contribution in [0.25, 0.3) is 11.1 Å². The smallest absolute Gasteiger partial charge is 0.322 e. The quantitative estimate of drug-likeness (QED) is 0.253. The van der Waals surface area contributed by atoms with E-state index in [9.17, 15) is 27.9 Å². The number of ketones is 1. The van der Waals surface area contributed by atoms with Gasteiger partial charge in [-0.25, -0.2) is 17.9 Å². The maximum Gasteiger partial charge on any atom is 0.322 e. The minimum absolute atomic E-state index is 0.0357. The van der Waals surface area contributed by atoms with Crippen molar-refractivity contribution in [1.82, 2.24) is 15.0 Å². The summed E-state index contributed by atoms with van der Waals surface area (Å²) in [6, 6.07) is 16.4. The molecule has 226 valence electrons. The van der Waals surface area contributed by atoms with Gasteiger partial charge in [0.05, 0.1) is 5.75 Å². The van der Waals surface area contributed by atoms with Crippen LogP contribution in [0.5, 0.6) is 0 Å². The van der Waals surface area contributed by atoms with E-state index in [2.05, 4.69) is 20.3 Å². The number of fused-ring (bicyclic) bond motifs is 2. The standard InChI is InChI=1S/C32H36N4O6S/c1-31(2)25-10-13-32(31,28(37)18-25)20-43(41,42)36-27(29(38)39)16-21-6-8-23(9-7-21)24-4-3-5-26(17-24)35-30(40)34-19-22-11-14-33-15-12-22/h3-9,11-12,14-15,17,25,27,36H,10,13,16,18-20H2,1-2H3,(H,38,39)(H2,34,35,40). The van der Waals surface area contributed by atoms with Crippen molar-refractivity contribution >= 4 is 33.5 Å². The molecule has 10 nitrogen and oxygen atoms in total. The number of carbonyl (C=O) groups excluding carboxylic acids is 2. The van der Waals surface area contributed by atoms with Gasteiger partial charge in [0.25, 0.3) is 0 Å². The minimum Gasteiger partial charge on any atom is -0.480 e. The zero-order valence-electron chi connectivity index (χ0n) is 24.2. The second-order valence-corrected chi connectivity index (χ2v) is 13.8. The van der Waals surface area contributed by atoms with Crippen molar-refractivity contribution in [3.63, 3.8) is 0 Å². The molecule has 1 heterocycles. The minimum atomic E-state index is -4.06. The first-order chi connectivity index (χ1) is 20.4. The van der Waals surface area contributed by atoms with Crippen molar-refractivity contribution in [2.75, 3.05) is 11.1 Å². The van der Waals surface area contributed by atoms with Gasteiger partial charge in [0.15, 0.2) is 0 Å². The molecule has 3 atom stereocenters. The summed E-state index contributed by atoms with van der Waals surface area (Å²) < 4.78 is 28.8. The lowest BCUT2D eigenvalue weighted by molar-refractivity contribution is -0.138. The van der Waals surface area contributed by atoms with Crippen LogP contribution < -0.4 is 15.4 Å². The number of Topliss-reactive ketones (excluding diaryl/α,β-unsaturated/α-hetero) is 1. The zero-order chi connectivity index (χ0) is 30.8. The molecule has 2 fully saturated rings. The van der Waals surface area contributed by atoms with Gasteiger partial charge >= 0.3 is 12.0 Å². The highest BCUT2D eigenvalue weighted by Gasteiger charge is 2.65. The Morgan fingerprint density at radius 1 is 1.02 bits per heavy atom. The Balaban J connectivity index is 1.21. The van der Waals surface area contributed by atoms with E-state index in [0.717, 1.165) is 23.1 Å². The Labute approximate surface area is 251 Å². The average Bonchev–Trinajstić information content (AvgIpc) is 3.31. The average molecular weight is 605 g/mol. The molecule has 2 aliphatic rings. The van der Waals surface area contributed by atoms with Crippen molar-refractivity contribution in [3.05, 3.63) is 84.2 Å². The number of sulfonamides is 1. The predicted molar refractivity (Wildman–Crippen MR) is 163 cm³/mol. The fourth-order valence-electron chi connectivity index (χ4n) is 6.57. The summed E-state index contributed by atoms with van der Waals surface area (Å²) in [7, 11) is -4.06. The lowest BCUT2D eigenvalue weighted by atomic mass is 9.70. The molecule has 2 amide bonds. The van der Waals surface area contributed by atoms with Crippen LogP contribution in [0.3, 0.4) is 0 Å². The number of nitrogens with one attached hydrogen (secondary N) is 3. The third kappa shape index (κ3) is 6.47. The summed E-state index contributed by atoms with van der Waals surface area (Å²) in [6.45, 7) is 4.26. The van der Waals surface area contributed by atoms with Crippen molar-refractivity contribution in [1.29, 1.82) is 0 Å². The van der Waals surface area contributed by atoms with Crippen molar-refractivity contribution in [2.24, 2.45) is 16.7 Å². The van der Waals surface area contributed by atoms with Gasteiger partial charge in [0.1, 0.15) is 11.8 Å². The summed E-state index contributed by atoms with van der Waals surface area (Å²) >= 11 is 0. The number of benzene rings is 2. The van der Waals surface area contributed by atoms with Gasteiger partial charge in [-0.2, -0.15) is 0 Å². The van der Waals surface area contributed by atoms with E-state index < -0.39 is 38.6 Å². The topological polar surface area (TPSA) is 155 Å². The van der Waals surface area contributed by atoms with Gasteiger partial charge in [-0.3, -0.25) is 14.6 Å². The Bertz CT molecular complexity index is 1630. The highest BCUT2D eigenvalue weighted by molar-refractivity contribution is 7.89. The fourth-order valence-corrected chi connectivity index (χ4v) is 8.60. The van der Waals surface area contributed by atoms with E-state index in [0.29, 0.717) is 30.6 Å². The third-order valence-corrected chi connectivity index (χ3v) is 10.8. The number of anilines is 1. The van der Waals surface area contributed by atoms with E-state index >= 15 is 0 Å². The monoisotopic (exact) mass is 604 g/mol. The summed E-state index contributed by atoms with van der Waals surface area (Å²) in [6.07, 6.45) is 4.97. The molecule has 2 bridgehead atoms. The number of amides is 2. The number of hydrogen-bond acceptors (Lipinski definition) is 6. The number of rotatable bonds is 11. The number of carboxylic acid groups (broad SMARTS) is 1. The van der Waals surface area contributed by atoms with Crippen LogP contribution in [0.15, 0.2) is 73.1 Å². The SMILES string of the molecule is CC1(C)C2CCC1(CS(=O)(=O)NC(Cc1ccc(-c3cccc(NC(=O)NCc4ccncc4)c3)cc1)C(=O)O)C(=O)C2. The second-order valence-electron chi connectivity index (χ2n) is 12.1. The maximum absolute atomic E-state index is 13.2. The molecule has 4 N–H and O–H groups in total. The molecule has 0 radical (unpaired) electrons. The first kappa shape index (κ1) is 30.4. The van der Waals surface area contributed by atoms with E-state index in [-0.39, 0.29) is 24.2 Å². The van der Waals surface area contributed by atoms with E-state index in [1.165, 1.54) is 0 Å². The Morgan fingerprint density at radius 3 is 2.37 bits per heavy atom. The van der Waals surface area contributed by atoms with Crippen molar-refractivity contribution < 1.29 is 27.9 Å². The molecular formula is C32H36N4O6S. The summed E-state index contributed by atoms with van der Waals surface area (Å²) in [4.78, 5) is 41.2. The lowest BCUT2D eigenvalue weighted by Gasteiger charge is -2.36. The van der Waals surface area contributed by atoms with Gasteiger partial charge < -0.3 is 15.7 Å². The molecular weight excluding hydrogens is 568 g/mol. The first-order valence-electron chi connectivity index (χ1n) is 14.3. The summed E-state index contributed by atoms with van der Waals surface area (Å²) in [5.41, 5.74) is 2.44. The summed E-state index contributed by atoms with van der Waals surface area (Å²) in [5, 5.41) is 15.5. The first-order valence-corrected chi connectivity index (χ1v) is 15.9. The van der Waals surface area contributed by atoms with Crippen LogP contribution in [0, 0.1) is 16.7 Å². The molecule has 0 saturated heterocycles. The molecule has 2 saturated carbocycles. The molecule has 0 spiro atoms. The molecule has 3 aromatic rings. The maximum atomic E-state index is 13.2. The van der Waals surface area contributed by atoms with Crippen LogP contribution in [0.4, 0.5) is 10.5 Å². The van der Waals surface area contributed by atoms with Gasteiger partial charge in [-0.1, -0.05) is 50.2 Å². The molecule has 43 heavy (non-hydrogen) atoms. The van der Waals surface area contributed by atoms with Gasteiger partial charge in [0, 0.05) is 36.5 Å². The zero-order valence-corrected chi connectivity index (χ0v) is 25.0. The molecule has 11 heteroatoms. The predicted octanol–water partition coefficient (Wildman–Crippen LogP) is 4.38. The lowest BCUT2D eigenvalue weighted by Crippen LogP contribution is -2.49. The molecule has 0 aliphatic heterocycles. The third-order valence-electron chi connectivity index (χ3n) is 9.25. The number of hydrogen-bond donors (Lipinski definition) is 4. The molecule has 1 aromatic heterocycles.